The van der Waals surface area contributed by atoms with Crippen LogP contribution in [0.1, 0.15) is 25.0 Å². The molecular weight excluding hydrogens is 283 g/mol. The molecule has 114 valence electrons. The Morgan fingerprint density at radius 2 is 2.10 bits per heavy atom. The van der Waals surface area contributed by atoms with Gasteiger partial charge in [0, 0.05) is 25.4 Å². The number of aryl methyl sites for hydroxylation is 1. The van der Waals surface area contributed by atoms with Gasteiger partial charge in [-0.2, -0.15) is 4.39 Å². The smallest absolute Gasteiger partial charge is 0.217 e. The number of methoxy groups -OCH3 is 1. The first-order valence-corrected chi connectivity index (χ1v) is 8.01. The molecule has 0 spiro atoms. The summed E-state index contributed by atoms with van der Waals surface area (Å²) in [6, 6.07) is 1.57. The summed E-state index contributed by atoms with van der Waals surface area (Å²) in [5, 5.41) is 0. The molecule has 1 rings (SSSR count). The Morgan fingerprint density at radius 3 is 2.65 bits per heavy atom. The molecule has 5 nitrogen and oxygen atoms in total. The predicted molar refractivity (Wildman–Crippen MR) is 75.2 cm³/mol. The quantitative estimate of drug-likeness (QED) is 0.777. The molecule has 1 atom stereocenters. The Balaban J connectivity index is 2.70. The zero-order chi connectivity index (χ0) is 15.3. The number of sulfonamides is 1. The van der Waals surface area contributed by atoms with Crippen LogP contribution >= 0.6 is 0 Å². The minimum Gasteiger partial charge on any atom is -0.380 e. The average molecular weight is 304 g/mol. The zero-order valence-electron chi connectivity index (χ0n) is 12.2. The third kappa shape index (κ3) is 5.15. The number of hydrogen-bond acceptors (Lipinski definition) is 4. The molecule has 20 heavy (non-hydrogen) atoms. The van der Waals surface area contributed by atoms with E-state index in [-0.39, 0.29) is 23.8 Å². The Bertz CT molecular complexity index is 547. The van der Waals surface area contributed by atoms with Crippen molar-refractivity contribution in [1.29, 1.82) is 0 Å². The second-order valence-corrected chi connectivity index (χ2v) is 6.93. The van der Waals surface area contributed by atoms with E-state index < -0.39 is 22.1 Å². The molecule has 1 unspecified atom stereocenters. The van der Waals surface area contributed by atoms with E-state index in [0.29, 0.717) is 0 Å². The van der Waals surface area contributed by atoms with Crippen molar-refractivity contribution in [1.82, 2.24) is 9.71 Å². The molecule has 1 aromatic rings. The van der Waals surface area contributed by atoms with Crippen LogP contribution in [0.4, 0.5) is 4.39 Å². The molecule has 0 aliphatic carbocycles. The first kappa shape index (κ1) is 17.0. The Labute approximate surface area is 119 Å². The van der Waals surface area contributed by atoms with Gasteiger partial charge in [-0.05, 0) is 24.5 Å². The topological polar surface area (TPSA) is 68.3 Å². The molecule has 0 radical (unpaired) electrons. The number of halogens is 1. The second-order valence-electron chi connectivity index (χ2n) is 5.08. The normalized spacial score (nSPS) is 13.7. The minimum atomic E-state index is -3.54. The molecule has 0 aromatic carbocycles. The van der Waals surface area contributed by atoms with Crippen molar-refractivity contribution in [3.8, 4) is 0 Å². The van der Waals surface area contributed by atoms with Crippen molar-refractivity contribution >= 4 is 10.0 Å². The summed E-state index contributed by atoms with van der Waals surface area (Å²) >= 11 is 0. The predicted octanol–water partition coefficient (Wildman–Crippen LogP) is 1.62. The van der Waals surface area contributed by atoms with Crippen LogP contribution in [-0.2, 0) is 21.3 Å². The number of pyridine rings is 1. The number of rotatable bonds is 7. The van der Waals surface area contributed by atoms with Crippen LogP contribution in [0.3, 0.4) is 0 Å². The molecule has 0 saturated carbocycles. The number of ether oxygens (including phenoxy) is 1. The highest BCUT2D eigenvalue weighted by Crippen LogP contribution is 2.10. The lowest BCUT2D eigenvalue weighted by Crippen LogP contribution is -2.35. The van der Waals surface area contributed by atoms with Crippen molar-refractivity contribution in [2.75, 3.05) is 12.9 Å². The van der Waals surface area contributed by atoms with E-state index in [4.69, 9.17) is 4.74 Å². The molecule has 0 fully saturated rings. The Kier molecular flexibility index (Phi) is 6.04. The van der Waals surface area contributed by atoms with Gasteiger partial charge in [-0.1, -0.05) is 13.8 Å². The minimum absolute atomic E-state index is 0.0777. The van der Waals surface area contributed by atoms with E-state index in [1.54, 1.807) is 13.0 Å². The van der Waals surface area contributed by atoms with Crippen LogP contribution in [0.25, 0.3) is 0 Å². The molecular formula is C13H21FN2O3S. The van der Waals surface area contributed by atoms with Crippen LogP contribution in [0.5, 0.6) is 0 Å². The van der Waals surface area contributed by atoms with Crippen LogP contribution in [0, 0.1) is 18.8 Å². The fourth-order valence-corrected chi connectivity index (χ4v) is 3.18. The van der Waals surface area contributed by atoms with Gasteiger partial charge in [-0.3, -0.25) is 0 Å². The van der Waals surface area contributed by atoms with Crippen LogP contribution in [0.2, 0.25) is 0 Å². The van der Waals surface area contributed by atoms with E-state index >= 15 is 0 Å². The van der Waals surface area contributed by atoms with E-state index in [0.717, 1.165) is 5.56 Å². The van der Waals surface area contributed by atoms with Crippen molar-refractivity contribution in [2.24, 2.45) is 5.92 Å². The number of nitrogens with zero attached hydrogens (tertiary/aromatic N) is 1. The molecule has 0 amide bonds. The van der Waals surface area contributed by atoms with E-state index in [1.807, 2.05) is 13.8 Å². The number of aromatic nitrogens is 1. The fourth-order valence-electron chi connectivity index (χ4n) is 1.73. The van der Waals surface area contributed by atoms with Crippen LogP contribution in [0.15, 0.2) is 12.3 Å². The van der Waals surface area contributed by atoms with Crippen molar-refractivity contribution < 1.29 is 17.5 Å². The number of hydrogen-bond donors (Lipinski definition) is 1. The zero-order valence-corrected chi connectivity index (χ0v) is 13.0. The van der Waals surface area contributed by atoms with Crippen molar-refractivity contribution in [2.45, 2.75) is 33.4 Å². The molecule has 1 N–H and O–H groups in total. The first-order valence-electron chi connectivity index (χ1n) is 6.36. The molecule has 0 aliphatic rings. The SMILES string of the molecule is COC(CS(=O)(=O)NCc1cc(C)cnc1F)C(C)C. The lowest BCUT2D eigenvalue weighted by molar-refractivity contribution is 0.0826. The maximum absolute atomic E-state index is 13.4. The summed E-state index contributed by atoms with van der Waals surface area (Å²) in [5.74, 6) is -0.735. The summed E-state index contributed by atoms with van der Waals surface area (Å²) in [7, 11) is -2.06. The van der Waals surface area contributed by atoms with Gasteiger partial charge in [-0.15, -0.1) is 0 Å². The fraction of sp³-hybridized carbons (Fsp3) is 0.615. The molecule has 0 bridgehead atoms. The van der Waals surface area contributed by atoms with E-state index in [1.165, 1.54) is 13.3 Å². The van der Waals surface area contributed by atoms with E-state index in [9.17, 15) is 12.8 Å². The third-order valence-electron chi connectivity index (χ3n) is 2.96. The monoisotopic (exact) mass is 304 g/mol. The first-order chi connectivity index (χ1) is 9.25. The van der Waals surface area contributed by atoms with Gasteiger partial charge in [0.1, 0.15) is 0 Å². The van der Waals surface area contributed by atoms with Gasteiger partial charge in [0.2, 0.25) is 16.0 Å². The van der Waals surface area contributed by atoms with Crippen LogP contribution in [-0.4, -0.2) is 32.4 Å². The van der Waals surface area contributed by atoms with Gasteiger partial charge < -0.3 is 4.74 Å². The molecule has 1 heterocycles. The third-order valence-corrected chi connectivity index (χ3v) is 4.31. The summed E-state index contributed by atoms with van der Waals surface area (Å²) in [5.41, 5.74) is 1.00. The van der Waals surface area contributed by atoms with E-state index in [2.05, 4.69) is 9.71 Å². The Morgan fingerprint density at radius 1 is 1.45 bits per heavy atom. The lowest BCUT2D eigenvalue weighted by atomic mass is 10.1. The van der Waals surface area contributed by atoms with Gasteiger partial charge in [0.25, 0.3) is 0 Å². The van der Waals surface area contributed by atoms with Gasteiger partial charge in [0.05, 0.1) is 11.9 Å². The molecule has 0 aliphatic heterocycles. The average Bonchev–Trinajstić information content (AvgIpc) is 2.37. The largest absolute Gasteiger partial charge is 0.380 e. The van der Waals surface area contributed by atoms with Gasteiger partial charge >= 0.3 is 0 Å². The standard InChI is InChI=1S/C13H21FN2O3S/c1-9(2)12(19-4)8-20(17,18)16-7-11-5-10(3)6-15-13(11)14/h5-6,9,12,16H,7-8H2,1-4H3. The molecule has 7 heteroatoms. The maximum Gasteiger partial charge on any atom is 0.217 e. The lowest BCUT2D eigenvalue weighted by Gasteiger charge is -2.19. The summed E-state index contributed by atoms with van der Waals surface area (Å²) in [6.07, 6.45) is 1.00. The highest BCUT2D eigenvalue weighted by molar-refractivity contribution is 7.89. The summed E-state index contributed by atoms with van der Waals surface area (Å²) in [4.78, 5) is 3.56. The van der Waals surface area contributed by atoms with Gasteiger partial charge in [-0.25, -0.2) is 18.1 Å². The van der Waals surface area contributed by atoms with Crippen LogP contribution < -0.4 is 4.72 Å². The highest BCUT2D eigenvalue weighted by Gasteiger charge is 2.21. The Hall–Kier alpha value is -1.05. The summed E-state index contributed by atoms with van der Waals surface area (Å²) in [6.45, 7) is 5.42. The van der Waals surface area contributed by atoms with Crippen molar-refractivity contribution in [3.63, 3.8) is 0 Å². The number of nitrogens with one attached hydrogen (secondary N) is 1. The highest BCUT2D eigenvalue weighted by atomic mass is 32.2. The summed E-state index contributed by atoms with van der Waals surface area (Å²) < 4.78 is 44.8. The van der Waals surface area contributed by atoms with Gasteiger partial charge in [0.15, 0.2) is 0 Å². The molecule has 1 aromatic heterocycles. The molecule has 0 saturated heterocycles. The van der Waals surface area contributed by atoms with Crippen molar-refractivity contribution in [3.05, 3.63) is 29.3 Å². The maximum atomic E-state index is 13.4. The second kappa shape index (κ2) is 7.10.